The Morgan fingerprint density at radius 2 is 2.05 bits per heavy atom. The largest absolute Gasteiger partial charge is 0.464 e. The molecule has 0 saturated heterocycles. The molecule has 0 radical (unpaired) electrons. The molecule has 0 aliphatic carbocycles. The zero-order valence-electron chi connectivity index (χ0n) is 11.7. The summed E-state index contributed by atoms with van der Waals surface area (Å²) in [6.45, 7) is 1.66. The SMILES string of the molecule is COC(=O)c1c(N)c(C#N)cn1-c1ccc(C(C)O)cc1. The van der Waals surface area contributed by atoms with E-state index in [0.717, 1.165) is 5.56 Å². The highest BCUT2D eigenvalue weighted by Gasteiger charge is 2.21. The van der Waals surface area contributed by atoms with Crippen molar-refractivity contribution in [3.63, 3.8) is 0 Å². The molecule has 1 unspecified atom stereocenters. The van der Waals surface area contributed by atoms with Crippen molar-refractivity contribution in [2.45, 2.75) is 13.0 Å². The van der Waals surface area contributed by atoms with E-state index in [4.69, 9.17) is 15.7 Å². The summed E-state index contributed by atoms with van der Waals surface area (Å²) in [5, 5.41) is 18.6. The average Bonchev–Trinajstić information content (AvgIpc) is 2.83. The molecule has 0 spiro atoms. The first-order chi connectivity index (χ1) is 9.99. The molecule has 3 N–H and O–H groups in total. The van der Waals surface area contributed by atoms with E-state index in [0.29, 0.717) is 5.69 Å². The van der Waals surface area contributed by atoms with Crippen molar-refractivity contribution in [2.75, 3.05) is 12.8 Å². The Balaban J connectivity index is 2.58. The molecule has 21 heavy (non-hydrogen) atoms. The number of hydrogen-bond acceptors (Lipinski definition) is 5. The number of aromatic nitrogens is 1. The Kier molecular flexibility index (Phi) is 3.96. The van der Waals surface area contributed by atoms with Gasteiger partial charge in [0, 0.05) is 11.9 Å². The molecule has 6 nitrogen and oxygen atoms in total. The van der Waals surface area contributed by atoms with E-state index in [9.17, 15) is 9.90 Å². The van der Waals surface area contributed by atoms with Gasteiger partial charge in [-0.15, -0.1) is 0 Å². The lowest BCUT2D eigenvalue weighted by molar-refractivity contribution is 0.0593. The Labute approximate surface area is 122 Å². The van der Waals surface area contributed by atoms with Crippen LogP contribution in [0, 0.1) is 11.3 Å². The highest BCUT2D eigenvalue weighted by Crippen LogP contribution is 2.25. The molecule has 1 atom stereocenters. The fourth-order valence-corrected chi connectivity index (χ4v) is 2.03. The molecule has 2 aromatic rings. The van der Waals surface area contributed by atoms with E-state index in [2.05, 4.69) is 0 Å². The minimum absolute atomic E-state index is 0.0870. The first-order valence-corrected chi connectivity index (χ1v) is 6.27. The van der Waals surface area contributed by atoms with Crippen molar-refractivity contribution in [1.82, 2.24) is 4.57 Å². The van der Waals surface area contributed by atoms with E-state index in [1.807, 2.05) is 6.07 Å². The van der Waals surface area contributed by atoms with Crippen LogP contribution in [0.15, 0.2) is 30.5 Å². The Morgan fingerprint density at radius 3 is 2.52 bits per heavy atom. The average molecular weight is 285 g/mol. The van der Waals surface area contributed by atoms with Gasteiger partial charge in [-0.2, -0.15) is 5.26 Å². The number of carbonyl (C=O) groups excluding carboxylic acids is 1. The maximum Gasteiger partial charge on any atom is 0.357 e. The van der Waals surface area contributed by atoms with Crippen LogP contribution in [-0.2, 0) is 4.74 Å². The number of anilines is 1. The van der Waals surface area contributed by atoms with Gasteiger partial charge in [0.1, 0.15) is 6.07 Å². The third kappa shape index (κ3) is 2.59. The van der Waals surface area contributed by atoms with Gasteiger partial charge in [0.2, 0.25) is 0 Å². The first kappa shape index (κ1) is 14.6. The summed E-state index contributed by atoms with van der Waals surface area (Å²) in [4.78, 5) is 11.9. The van der Waals surface area contributed by atoms with Crippen LogP contribution in [0.4, 0.5) is 5.69 Å². The lowest BCUT2D eigenvalue weighted by Crippen LogP contribution is -2.11. The van der Waals surface area contributed by atoms with Crippen molar-refractivity contribution in [3.05, 3.63) is 47.3 Å². The summed E-state index contributed by atoms with van der Waals surface area (Å²) < 4.78 is 6.22. The zero-order chi connectivity index (χ0) is 15.6. The number of nitrogens with two attached hydrogens (primary N) is 1. The molecule has 2 rings (SSSR count). The third-order valence-corrected chi connectivity index (χ3v) is 3.20. The van der Waals surface area contributed by atoms with Gasteiger partial charge < -0.3 is 20.1 Å². The Bertz CT molecular complexity index is 709. The molecule has 1 aromatic carbocycles. The van der Waals surface area contributed by atoms with E-state index < -0.39 is 12.1 Å². The summed E-state index contributed by atoms with van der Waals surface area (Å²) in [6, 6.07) is 8.88. The number of esters is 1. The molecular formula is C15H15N3O3. The molecular weight excluding hydrogens is 270 g/mol. The van der Waals surface area contributed by atoms with Crippen molar-refractivity contribution in [2.24, 2.45) is 0 Å². The van der Waals surface area contributed by atoms with Gasteiger partial charge in [0.15, 0.2) is 5.69 Å². The van der Waals surface area contributed by atoms with Gasteiger partial charge in [-0.05, 0) is 24.6 Å². The van der Waals surface area contributed by atoms with Gasteiger partial charge in [-0.1, -0.05) is 12.1 Å². The molecule has 0 aliphatic rings. The lowest BCUT2D eigenvalue weighted by atomic mass is 10.1. The van der Waals surface area contributed by atoms with Crippen molar-refractivity contribution in [3.8, 4) is 11.8 Å². The number of aliphatic hydroxyl groups is 1. The van der Waals surface area contributed by atoms with Crippen LogP contribution in [-0.4, -0.2) is 22.8 Å². The molecule has 0 bridgehead atoms. The highest BCUT2D eigenvalue weighted by molar-refractivity contribution is 5.95. The van der Waals surface area contributed by atoms with Crippen LogP contribution in [0.3, 0.4) is 0 Å². The maximum atomic E-state index is 11.9. The van der Waals surface area contributed by atoms with Crippen LogP contribution in [0.25, 0.3) is 5.69 Å². The lowest BCUT2D eigenvalue weighted by Gasteiger charge is -2.10. The van der Waals surface area contributed by atoms with E-state index in [1.165, 1.54) is 17.9 Å². The second-order valence-corrected chi connectivity index (χ2v) is 4.55. The van der Waals surface area contributed by atoms with Crippen molar-refractivity contribution < 1.29 is 14.6 Å². The number of rotatable bonds is 3. The minimum Gasteiger partial charge on any atom is -0.464 e. The smallest absolute Gasteiger partial charge is 0.357 e. The van der Waals surface area contributed by atoms with Gasteiger partial charge in [0.25, 0.3) is 0 Å². The normalized spacial score (nSPS) is 11.7. The fourth-order valence-electron chi connectivity index (χ4n) is 2.03. The fraction of sp³-hybridized carbons (Fsp3) is 0.200. The van der Waals surface area contributed by atoms with Gasteiger partial charge in [-0.25, -0.2) is 4.79 Å². The van der Waals surface area contributed by atoms with Crippen molar-refractivity contribution in [1.29, 1.82) is 5.26 Å². The number of aliphatic hydroxyl groups excluding tert-OH is 1. The van der Waals surface area contributed by atoms with Crippen LogP contribution in [0.1, 0.15) is 34.6 Å². The molecule has 0 aliphatic heterocycles. The number of carbonyl (C=O) groups is 1. The van der Waals surface area contributed by atoms with E-state index >= 15 is 0 Å². The number of methoxy groups -OCH3 is 1. The molecule has 6 heteroatoms. The van der Waals surface area contributed by atoms with Crippen LogP contribution in [0.5, 0.6) is 0 Å². The number of nitrogen functional groups attached to an aromatic ring is 1. The molecule has 0 amide bonds. The Hall–Kier alpha value is -2.78. The van der Waals surface area contributed by atoms with Gasteiger partial charge >= 0.3 is 5.97 Å². The Morgan fingerprint density at radius 1 is 1.43 bits per heavy atom. The summed E-state index contributed by atoms with van der Waals surface area (Å²) in [5.74, 6) is -0.617. The predicted molar refractivity (Wildman–Crippen MR) is 76.9 cm³/mol. The number of nitrogens with zero attached hydrogens (tertiary/aromatic N) is 2. The van der Waals surface area contributed by atoms with Crippen molar-refractivity contribution >= 4 is 11.7 Å². The minimum atomic E-state index is -0.617. The number of hydrogen-bond donors (Lipinski definition) is 2. The second-order valence-electron chi connectivity index (χ2n) is 4.55. The molecule has 1 heterocycles. The van der Waals surface area contributed by atoms with E-state index in [-0.39, 0.29) is 16.9 Å². The number of nitriles is 1. The molecule has 1 aromatic heterocycles. The standard InChI is InChI=1S/C15H15N3O3/c1-9(19)10-3-5-12(6-4-10)18-8-11(7-16)13(17)14(18)15(20)21-2/h3-6,8-9,19H,17H2,1-2H3. The maximum absolute atomic E-state index is 11.9. The summed E-state index contributed by atoms with van der Waals surface area (Å²) >= 11 is 0. The summed E-state index contributed by atoms with van der Waals surface area (Å²) in [6.07, 6.45) is 0.905. The quantitative estimate of drug-likeness (QED) is 0.837. The monoisotopic (exact) mass is 285 g/mol. The van der Waals surface area contributed by atoms with Gasteiger partial charge in [-0.3, -0.25) is 0 Å². The molecule has 108 valence electrons. The highest BCUT2D eigenvalue weighted by atomic mass is 16.5. The zero-order valence-corrected chi connectivity index (χ0v) is 11.7. The second kappa shape index (κ2) is 5.69. The topological polar surface area (TPSA) is 101 Å². The first-order valence-electron chi connectivity index (χ1n) is 6.27. The number of ether oxygens (including phenoxy) is 1. The summed E-state index contributed by atoms with van der Waals surface area (Å²) in [5.41, 5.74) is 7.62. The molecule has 0 saturated carbocycles. The van der Waals surface area contributed by atoms with Gasteiger partial charge in [0.05, 0.1) is 24.5 Å². The van der Waals surface area contributed by atoms with E-state index in [1.54, 1.807) is 31.2 Å². The third-order valence-electron chi connectivity index (χ3n) is 3.20. The van der Waals surface area contributed by atoms with Crippen LogP contribution in [0.2, 0.25) is 0 Å². The molecule has 0 fully saturated rings. The predicted octanol–water partition coefficient (Wildman–Crippen LogP) is 1.77. The van der Waals surface area contributed by atoms with Crippen LogP contribution >= 0.6 is 0 Å². The van der Waals surface area contributed by atoms with Crippen LogP contribution < -0.4 is 5.73 Å². The summed E-state index contributed by atoms with van der Waals surface area (Å²) in [7, 11) is 1.25. The number of benzene rings is 1.